The Morgan fingerprint density at radius 3 is 2.48 bits per heavy atom. The van der Waals surface area contributed by atoms with Crippen LogP contribution in [0.15, 0.2) is 30.3 Å². The molecular weight excluding hydrogens is 322 g/mol. The summed E-state index contributed by atoms with van der Waals surface area (Å²) in [5.74, 6) is -0.532. The van der Waals surface area contributed by atoms with Gasteiger partial charge in [-0.3, -0.25) is 9.59 Å². The molecule has 1 aromatic rings. The molecule has 2 rings (SSSR count). The second kappa shape index (κ2) is 9.66. The Morgan fingerprint density at radius 2 is 1.84 bits per heavy atom. The van der Waals surface area contributed by atoms with Crippen LogP contribution in [0.1, 0.15) is 31.2 Å². The van der Waals surface area contributed by atoms with Gasteiger partial charge in [0.2, 0.25) is 5.91 Å². The molecule has 0 bridgehead atoms. The van der Waals surface area contributed by atoms with Crippen molar-refractivity contribution in [2.45, 2.75) is 38.1 Å². The zero-order valence-corrected chi connectivity index (χ0v) is 14.2. The third kappa shape index (κ3) is 8.19. The van der Waals surface area contributed by atoms with Gasteiger partial charge in [0.1, 0.15) is 0 Å². The largest absolute Gasteiger partial charge is 0.481 e. The summed E-state index contributed by atoms with van der Waals surface area (Å²) in [5.41, 5.74) is 1.01. The molecule has 25 heavy (non-hydrogen) atoms. The lowest BCUT2D eigenvalue weighted by Gasteiger charge is -2.18. The minimum Gasteiger partial charge on any atom is -0.481 e. The zero-order chi connectivity index (χ0) is 18.1. The van der Waals surface area contributed by atoms with Gasteiger partial charge in [0.05, 0.1) is 6.54 Å². The molecule has 0 heterocycles. The highest BCUT2D eigenvalue weighted by Crippen LogP contribution is 2.27. The number of benzene rings is 1. The average molecular weight is 347 g/mol. The fourth-order valence-electron chi connectivity index (χ4n) is 2.46. The third-order valence-corrected chi connectivity index (χ3v) is 4.06. The maximum Gasteiger partial charge on any atom is 0.315 e. The normalized spacial score (nSPS) is 14.4. The summed E-state index contributed by atoms with van der Waals surface area (Å²) in [6, 6.07) is 8.77. The predicted octanol–water partition coefficient (Wildman–Crippen LogP) is 1.29. The monoisotopic (exact) mass is 347 g/mol. The maximum absolute atomic E-state index is 12.0. The molecule has 0 aromatic heterocycles. The number of amides is 3. The molecule has 1 aliphatic carbocycles. The molecule has 0 saturated heterocycles. The maximum atomic E-state index is 12.0. The first-order valence-corrected chi connectivity index (χ1v) is 8.59. The van der Waals surface area contributed by atoms with Crippen LogP contribution >= 0.6 is 0 Å². The fourth-order valence-corrected chi connectivity index (χ4v) is 2.46. The summed E-state index contributed by atoms with van der Waals surface area (Å²) in [6.07, 6.45) is 3.14. The molecule has 1 fully saturated rings. The first-order chi connectivity index (χ1) is 12.0. The Hall–Kier alpha value is -2.57. The summed E-state index contributed by atoms with van der Waals surface area (Å²) in [6.45, 7) is 0.576. The lowest BCUT2D eigenvalue weighted by atomic mass is 10.0. The van der Waals surface area contributed by atoms with Crippen molar-refractivity contribution in [2.24, 2.45) is 5.92 Å². The van der Waals surface area contributed by atoms with Gasteiger partial charge in [-0.15, -0.1) is 0 Å². The minimum atomic E-state index is -0.903. The lowest BCUT2D eigenvalue weighted by Crippen LogP contribution is -2.46. The molecule has 3 amide bonds. The van der Waals surface area contributed by atoms with E-state index in [0.29, 0.717) is 25.3 Å². The molecule has 7 heteroatoms. The van der Waals surface area contributed by atoms with Gasteiger partial charge in [0.25, 0.3) is 0 Å². The van der Waals surface area contributed by atoms with E-state index in [1.54, 1.807) is 0 Å². The number of carboxylic acids is 1. The highest BCUT2D eigenvalue weighted by Gasteiger charge is 2.21. The highest BCUT2D eigenvalue weighted by atomic mass is 16.4. The van der Waals surface area contributed by atoms with E-state index in [4.69, 9.17) is 5.11 Å². The summed E-state index contributed by atoms with van der Waals surface area (Å²) >= 11 is 0. The summed E-state index contributed by atoms with van der Waals surface area (Å²) in [4.78, 5) is 34.4. The van der Waals surface area contributed by atoms with Crippen molar-refractivity contribution in [3.8, 4) is 0 Å². The molecule has 1 atom stereocenters. The molecule has 0 aliphatic heterocycles. The Kier molecular flexibility index (Phi) is 7.25. The number of hydrogen-bond donors (Lipinski definition) is 4. The molecule has 1 aliphatic rings. The van der Waals surface area contributed by atoms with Crippen LogP contribution in [0.5, 0.6) is 0 Å². The predicted molar refractivity (Wildman–Crippen MR) is 93.1 cm³/mol. The average Bonchev–Trinajstić information content (AvgIpc) is 3.41. The van der Waals surface area contributed by atoms with E-state index in [0.717, 1.165) is 18.4 Å². The standard InChI is InChI=1S/C18H25N3O4/c22-16(19-11-14-6-7-14)12-20-18(25)21-15(8-9-17(23)24)10-13-4-2-1-3-5-13/h1-5,14-15H,6-12H2,(H,19,22)(H,23,24)(H2,20,21,25). The number of carboxylic acid groups (broad SMARTS) is 1. The molecule has 4 N–H and O–H groups in total. The van der Waals surface area contributed by atoms with Crippen LogP contribution < -0.4 is 16.0 Å². The van der Waals surface area contributed by atoms with E-state index >= 15 is 0 Å². The second-order valence-electron chi connectivity index (χ2n) is 6.39. The first-order valence-electron chi connectivity index (χ1n) is 8.59. The molecule has 136 valence electrons. The Bertz CT molecular complexity index is 587. The fraction of sp³-hybridized carbons (Fsp3) is 0.500. The molecule has 7 nitrogen and oxygen atoms in total. The molecule has 0 radical (unpaired) electrons. The lowest BCUT2D eigenvalue weighted by molar-refractivity contribution is -0.137. The minimum absolute atomic E-state index is 0.0281. The zero-order valence-electron chi connectivity index (χ0n) is 14.2. The quantitative estimate of drug-likeness (QED) is 0.511. The smallest absolute Gasteiger partial charge is 0.315 e. The van der Waals surface area contributed by atoms with E-state index in [2.05, 4.69) is 16.0 Å². The van der Waals surface area contributed by atoms with E-state index in [-0.39, 0.29) is 24.9 Å². The number of hydrogen-bond acceptors (Lipinski definition) is 3. The summed E-state index contributed by atoms with van der Waals surface area (Å²) < 4.78 is 0. The van der Waals surface area contributed by atoms with Gasteiger partial charge in [-0.05, 0) is 37.2 Å². The van der Waals surface area contributed by atoms with Gasteiger partial charge in [0.15, 0.2) is 0 Å². The Balaban J connectivity index is 1.76. The van der Waals surface area contributed by atoms with Crippen LogP contribution in [0.25, 0.3) is 0 Å². The molecular formula is C18H25N3O4. The van der Waals surface area contributed by atoms with Crippen LogP contribution in [-0.2, 0) is 16.0 Å². The van der Waals surface area contributed by atoms with Crippen molar-refractivity contribution >= 4 is 17.9 Å². The van der Waals surface area contributed by atoms with E-state index < -0.39 is 12.0 Å². The van der Waals surface area contributed by atoms with Crippen LogP contribution in [0.3, 0.4) is 0 Å². The van der Waals surface area contributed by atoms with Crippen molar-refractivity contribution in [1.82, 2.24) is 16.0 Å². The van der Waals surface area contributed by atoms with E-state index in [1.807, 2.05) is 30.3 Å². The topological polar surface area (TPSA) is 108 Å². The van der Waals surface area contributed by atoms with Crippen molar-refractivity contribution in [3.63, 3.8) is 0 Å². The summed E-state index contributed by atoms with van der Waals surface area (Å²) in [7, 11) is 0. The Morgan fingerprint density at radius 1 is 1.12 bits per heavy atom. The van der Waals surface area contributed by atoms with Gasteiger partial charge in [-0.1, -0.05) is 30.3 Å². The SMILES string of the molecule is O=C(O)CCC(Cc1ccccc1)NC(=O)NCC(=O)NCC1CC1. The Labute approximate surface area is 147 Å². The van der Waals surface area contributed by atoms with Gasteiger partial charge in [-0.25, -0.2) is 4.79 Å². The second-order valence-corrected chi connectivity index (χ2v) is 6.39. The van der Waals surface area contributed by atoms with Crippen LogP contribution in [0.2, 0.25) is 0 Å². The molecule has 0 spiro atoms. The third-order valence-electron chi connectivity index (χ3n) is 4.06. The van der Waals surface area contributed by atoms with Gasteiger partial charge < -0.3 is 21.1 Å². The number of carbonyl (C=O) groups is 3. The number of aliphatic carboxylic acids is 1. The van der Waals surface area contributed by atoms with Crippen molar-refractivity contribution in [1.29, 1.82) is 0 Å². The molecule has 1 aromatic carbocycles. The van der Waals surface area contributed by atoms with E-state index in [9.17, 15) is 14.4 Å². The van der Waals surface area contributed by atoms with Crippen LogP contribution in [0, 0.1) is 5.92 Å². The van der Waals surface area contributed by atoms with Crippen molar-refractivity contribution < 1.29 is 19.5 Å². The number of nitrogens with one attached hydrogen (secondary N) is 3. The van der Waals surface area contributed by atoms with Gasteiger partial charge in [0, 0.05) is 19.0 Å². The van der Waals surface area contributed by atoms with Crippen molar-refractivity contribution in [3.05, 3.63) is 35.9 Å². The molecule has 1 unspecified atom stereocenters. The molecule has 1 saturated carbocycles. The number of rotatable bonds is 10. The van der Waals surface area contributed by atoms with Gasteiger partial charge >= 0.3 is 12.0 Å². The van der Waals surface area contributed by atoms with Crippen LogP contribution in [0.4, 0.5) is 4.79 Å². The highest BCUT2D eigenvalue weighted by molar-refractivity contribution is 5.84. The number of urea groups is 1. The number of carbonyl (C=O) groups excluding carboxylic acids is 2. The summed E-state index contributed by atoms with van der Waals surface area (Å²) in [5, 5.41) is 16.9. The van der Waals surface area contributed by atoms with Gasteiger partial charge in [-0.2, -0.15) is 0 Å². The van der Waals surface area contributed by atoms with E-state index in [1.165, 1.54) is 0 Å². The first kappa shape index (κ1) is 18.8. The van der Waals surface area contributed by atoms with Crippen LogP contribution in [-0.4, -0.2) is 42.1 Å². The van der Waals surface area contributed by atoms with Crippen molar-refractivity contribution in [2.75, 3.05) is 13.1 Å².